The Bertz CT molecular complexity index is 839. The Hall–Kier alpha value is -2.62. The van der Waals surface area contributed by atoms with Gasteiger partial charge in [0.1, 0.15) is 0 Å². The van der Waals surface area contributed by atoms with E-state index in [1.807, 2.05) is 6.92 Å². The van der Waals surface area contributed by atoms with Gasteiger partial charge in [0.15, 0.2) is 0 Å². The molecule has 122 valence electrons. The molecule has 1 heterocycles. The van der Waals surface area contributed by atoms with Gasteiger partial charge in [-0.1, -0.05) is 42.0 Å². The topological polar surface area (TPSA) is 55.2 Å². The second-order valence-electron chi connectivity index (χ2n) is 6.87. The van der Waals surface area contributed by atoms with Gasteiger partial charge in [-0.15, -0.1) is 0 Å². The van der Waals surface area contributed by atoms with Crippen molar-refractivity contribution in [1.82, 2.24) is 0 Å². The predicted octanol–water partition coefficient (Wildman–Crippen LogP) is 5.04. The third-order valence-corrected chi connectivity index (χ3v) is 5.30. The van der Waals surface area contributed by atoms with Crippen molar-refractivity contribution >= 4 is 11.4 Å². The number of rotatable bonds is 2. The van der Waals surface area contributed by atoms with Crippen LogP contribution in [-0.4, -0.2) is 4.92 Å². The molecule has 0 spiro atoms. The maximum atomic E-state index is 11.2. The van der Waals surface area contributed by atoms with Gasteiger partial charge in [0.2, 0.25) is 0 Å². The van der Waals surface area contributed by atoms with E-state index < -0.39 is 0 Å². The van der Waals surface area contributed by atoms with Crippen molar-refractivity contribution in [1.29, 1.82) is 0 Å². The maximum absolute atomic E-state index is 11.2. The fourth-order valence-electron chi connectivity index (χ4n) is 4.08. The lowest BCUT2D eigenvalue weighted by Crippen LogP contribution is -2.29. The first kappa shape index (κ1) is 14.9. The molecule has 2 aromatic carbocycles. The minimum absolute atomic E-state index is 0.181. The first-order valence-corrected chi connectivity index (χ1v) is 8.33. The highest BCUT2D eigenvalue weighted by Crippen LogP contribution is 2.51. The molecule has 4 rings (SSSR count). The smallest absolute Gasteiger partial charge is 0.270 e. The molecule has 4 heteroatoms. The second kappa shape index (κ2) is 5.48. The second-order valence-corrected chi connectivity index (χ2v) is 6.87. The van der Waals surface area contributed by atoms with Crippen molar-refractivity contribution in [2.75, 3.05) is 5.32 Å². The fourth-order valence-corrected chi connectivity index (χ4v) is 4.08. The quantitative estimate of drug-likeness (QED) is 0.479. The molecule has 1 N–H and O–H groups in total. The van der Waals surface area contributed by atoms with Gasteiger partial charge in [-0.25, -0.2) is 0 Å². The summed E-state index contributed by atoms with van der Waals surface area (Å²) in [5.74, 6) is 0.646. The Morgan fingerprint density at radius 1 is 1.17 bits per heavy atom. The molecule has 0 bridgehead atoms. The summed E-state index contributed by atoms with van der Waals surface area (Å²) in [6.07, 6.45) is 5.42. The van der Waals surface area contributed by atoms with E-state index in [-0.39, 0.29) is 22.6 Å². The number of anilines is 1. The monoisotopic (exact) mass is 320 g/mol. The summed E-state index contributed by atoms with van der Waals surface area (Å²) in [5, 5.41) is 14.9. The minimum Gasteiger partial charge on any atom is -0.377 e. The van der Waals surface area contributed by atoms with Crippen LogP contribution in [0.2, 0.25) is 0 Å². The van der Waals surface area contributed by atoms with Crippen LogP contribution in [0.4, 0.5) is 11.4 Å². The molecule has 1 aliphatic carbocycles. The van der Waals surface area contributed by atoms with Crippen molar-refractivity contribution in [3.05, 3.63) is 80.9 Å². The van der Waals surface area contributed by atoms with E-state index in [1.165, 1.54) is 11.1 Å². The van der Waals surface area contributed by atoms with Gasteiger partial charge in [-0.2, -0.15) is 0 Å². The van der Waals surface area contributed by atoms with Crippen LogP contribution in [0.1, 0.15) is 40.6 Å². The van der Waals surface area contributed by atoms with Crippen LogP contribution < -0.4 is 5.32 Å². The average molecular weight is 320 g/mol. The zero-order valence-corrected chi connectivity index (χ0v) is 13.8. The molecule has 3 atom stereocenters. The third-order valence-electron chi connectivity index (χ3n) is 5.30. The van der Waals surface area contributed by atoms with E-state index in [4.69, 9.17) is 0 Å². The van der Waals surface area contributed by atoms with Crippen LogP contribution in [0.3, 0.4) is 0 Å². The van der Waals surface area contributed by atoms with E-state index >= 15 is 0 Å². The number of fused-ring (bicyclic) bond motifs is 3. The Morgan fingerprint density at radius 3 is 2.62 bits per heavy atom. The van der Waals surface area contributed by atoms with Crippen LogP contribution in [0.25, 0.3) is 0 Å². The molecule has 4 nitrogen and oxygen atoms in total. The number of hydrogen-bond acceptors (Lipinski definition) is 3. The highest BCUT2D eigenvalue weighted by molar-refractivity contribution is 5.67. The lowest BCUT2D eigenvalue weighted by molar-refractivity contribution is -0.385. The van der Waals surface area contributed by atoms with Gasteiger partial charge in [0, 0.05) is 23.7 Å². The summed E-state index contributed by atoms with van der Waals surface area (Å²) >= 11 is 0. The number of allylic oxidation sites excluding steroid dienone is 2. The number of nitro benzene ring substituents is 1. The number of nitrogens with one attached hydrogen (secondary N) is 1. The molecule has 0 fully saturated rings. The molecule has 24 heavy (non-hydrogen) atoms. The SMILES string of the molecule is Cc1ccc([C@@H]2Nc3c(C)cc([N+](=O)[O-])cc3[C@H]3C=CC[C@@H]32)cc1. The summed E-state index contributed by atoms with van der Waals surface area (Å²) in [7, 11) is 0. The average Bonchev–Trinajstić information content (AvgIpc) is 3.05. The molecule has 0 radical (unpaired) electrons. The number of nitro groups is 1. The summed E-state index contributed by atoms with van der Waals surface area (Å²) < 4.78 is 0. The molecule has 0 saturated heterocycles. The molecule has 0 unspecified atom stereocenters. The maximum Gasteiger partial charge on any atom is 0.270 e. The largest absolute Gasteiger partial charge is 0.377 e. The van der Waals surface area contributed by atoms with Crippen molar-refractivity contribution in [3.8, 4) is 0 Å². The van der Waals surface area contributed by atoms with E-state index in [1.54, 1.807) is 12.1 Å². The molecule has 2 aromatic rings. The summed E-state index contributed by atoms with van der Waals surface area (Å²) in [6.45, 7) is 4.04. The number of benzene rings is 2. The van der Waals surface area contributed by atoms with Crippen molar-refractivity contribution in [2.45, 2.75) is 32.2 Å². The summed E-state index contributed by atoms with van der Waals surface area (Å²) in [4.78, 5) is 10.9. The predicted molar refractivity (Wildman–Crippen MR) is 95.4 cm³/mol. The Morgan fingerprint density at radius 2 is 1.92 bits per heavy atom. The fraction of sp³-hybridized carbons (Fsp3) is 0.300. The van der Waals surface area contributed by atoms with Crippen LogP contribution in [0, 0.1) is 29.9 Å². The molecular weight excluding hydrogens is 300 g/mol. The van der Waals surface area contributed by atoms with Crippen LogP contribution in [-0.2, 0) is 0 Å². The highest BCUT2D eigenvalue weighted by Gasteiger charge is 2.39. The van der Waals surface area contributed by atoms with Crippen LogP contribution in [0.15, 0.2) is 48.6 Å². The normalized spacial score (nSPS) is 24.2. The van der Waals surface area contributed by atoms with Gasteiger partial charge in [-0.3, -0.25) is 10.1 Å². The van der Waals surface area contributed by atoms with Crippen molar-refractivity contribution in [2.24, 2.45) is 5.92 Å². The lowest BCUT2D eigenvalue weighted by atomic mass is 9.76. The molecule has 0 amide bonds. The first-order chi connectivity index (χ1) is 11.5. The van der Waals surface area contributed by atoms with Gasteiger partial charge in [0.05, 0.1) is 11.0 Å². The van der Waals surface area contributed by atoms with E-state index in [2.05, 4.69) is 48.7 Å². The zero-order chi connectivity index (χ0) is 16.8. The molecule has 0 aromatic heterocycles. The van der Waals surface area contributed by atoms with E-state index in [0.717, 1.165) is 23.2 Å². The Balaban J connectivity index is 1.82. The Kier molecular flexibility index (Phi) is 3.41. The number of aryl methyl sites for hydroxylation is 2. The van der Waals surface area contributed by atoms with Gasteiger partial charge in [-0.05, 0) is 42.9 Å². The third kappa shape index (κ3) is 2.30. The van der Waals surface area contributed by atoms with E-state index in [0.29, 0.717) is 5.92 Å². The summed E-state index contributed by atoms with van der Waals surface area (Å²) in [6, 6.07) is 12.3. The first-order valence-electron chi connectivity index (χ1n) is 8.33. The Labute approximate surface area is 141 Å². The van der Waals surface area contributed by atoms with Gasteiger partial charge in [0.25, 0.3) is 5.69 Å². The molecule has 2 aliphatic rings. The molecule has 0 saturated carbocycles. The van der Waals surface area contributed by atoms with Crippen LogP contribution >= 0.6 is 0 Å². The standard InChI is InChI=1S/C20H20N2O2/c1-12-6-8-14(9-7-12)20-17-5-3-4-16(17)18-11-15(22(23)24)10-13(2)19(18)21-20/h3-4,6-11,16-17,20-21H,5H2,1-2H3/t16-,17-,20-/m0/s1. The number of non-ortho nitro benzene ring substituents is 1. The molecule has 1 aliphatic heterocycles. The van der Waals surface area contributed by atoms with Gasteiger partial charge < -0.3 is 5.32 Å². The number of nitrogens with zero attached hydrogens (tertiary/aromatic N) is 1. The number of hydrogen-bond donors (Lipinski definition) is 1. The minimum atomic E-state index is -0.299. The highest BCUT2D eigenvalue weighted by atomic mass is 16.6. The van der Waals surface area contributed by atoms with E-state index in [9.17, 15) is 10.1 Å². The lowest BCUT2D eigenvalue weighted by Gasteiger charge is -2.38. The van der Waals surface area contributed by atoms with Crippen LogP contribution in [0.5, 0.6) is 0 Å². The van der Waals surface area contributed by atoms with Gasteiger partial charge >= 0.3 is 0 Å². The van der Waals surface area contributed by atoms with Crippen molar-refractivity contribution < 1.29 is 4.92 Å². The van der Waals surface area contributed by atoms with Crippen molar-refractivity contribution in [3.63, 3.8) is 0 Å². The molecular formula is C20H20N2O2. The summed E-state index contributed by atoms with van der Waals surface area (Å²) in [5.41, 5.74) is 5.77. The zero-order valence-electron chi connectivity index (χ0n) is 13.8.